The number of carboxylic acid groups (broad SMARTS) is 1. The van der Waals surface area contributed by atoms with E-state index in [9.17, 15) is 4.79 Å². The third-order valence-electron chi connectivity index (χ3n) is 3.45. The summed E-state index contributed by atoms with van der Waals surface area (Å²) in [6.45, 7) is 3.13. The van der Waals surface area contributed by atoms with Crippen LogP contribution in [0.1, 0.15) is 62.1 Å². The highest BCUT2D eigenvalue weighted by molar-refractivity contribution is 7.15. The molecule has 112 valence electrons. The summed E-state index contributed by atoms with van der Waals surface area (Å²) in [5.74, 6) is 0. The normalized spacial score (nSPS) is 17.6. The number of thiazole rings is 1. The number of hydrogen-bond donors (Lipinski definition) is 2. The molecule has 1 heterocycles. The largest absolute Gasteiger partial charge is 0.506 e. The molecule has 1 aromatic heterocycles. The van der Waals surface area contributed by atoms with Gasteiger partial charge in [0.2, 0.25) is 0 Å². The smallest absolute Gasteiger partial charge is 0.450 e. The molecule has 0 fully saturated rings. The van der Waals surface area contributed by atoms with Crippen LogP contribution in [-0.4, -0.2) is 22.8 Å². The average molecular weight is 298 g/mol. The van der Waals surface area contributed by atoms with Gasteiger partial charge in [0.05, 0.1) is 5.69 Å². The summed E-state index contributed by atoms with van der Waals surface area (Å²) in [7, 11) is 0. The minimum absolute atomic E-state index is 0.386. The first kappa shape index (κ1) is 15.1. The lowest BCUT2D eigenvalue weighted by Gasteiger charge is -2.19. The first-order chi connectivity index (χ1) is 9.70. The van der Waals surface area contributed by atoms with Gasteiger partial charge in [0.1, 0.15) is 6.10 Å². The Balaban J connectivity index is 1.90. The first-order valence-corrected chi connectivity index (χ1v) is 8.15. The van der Waals surface area contributed by atoms with Crippen LogP contribution < -0.4 is 5.32 Å². The highest BCUT2D eigenvalue weighted by Crippen LogP contribution is 2.37. The molecule has 0 aliphatic heterocycles. The van der Waals surface area contributed by atoms with Crippen LogP contribution in [0, 0.1) is 0 Å². The Hall–Kier alpha value is -1.30. The molecule has 0 radical (unpaired) electrons. The molecular weight excluding hydrogens is 276 g/mol. The Labute approximate surface area is 123 Å². The number of carbonyl (C=O) groups is 1. The summed E-state index contributed by atoms with van der Waals surface area (Å²) in [6, 6.07) is 0. The number of hydrogen-bond acceptors (Lipinski definition) is 5. The van der Waals surface area contributed by atoms with Crippen molar-refractivity contribution in [1.29, 1.82) is 0 Å². The van der Waals surface area contributed by atoms with Gasteiger partial charge in [-0.15, -0.1) is 11.3 Å². The lowest BCUT2D eigenvalue weighted by Crippen LogP contribution is -2.15. The number of rotatable bonds is 7. The second-order valence-corrected chi connectivity index (χ2v) is 6.16. The maximum absolute atomic E-state index is 10.7. The van der Waals surface area contributed by atoms with Crippen LogP contribution in [0.5, 0.6) is 0 Å². The van der Waals surface area contributed by atoms with Crippen molar-refractivity contribution in [1.82, 2.24) is 4.98 Å². The summed E-state index contributed by atoms with van der Waals surface area (Å²) in [5, 5.41) is 13.0. The van der Waals surface area contributed by atoms with Gasteiger partial charge in [-0.1, -0.05) is 26.2 Å². The Morgan fingerprint density at radius 1 is 1.50 bits per heavy atom. The first-order valence-electron chi connectivity index (χ1n) is 7.33. The molecule has 0 saturated carbocycles. The number of fused-ring (bicyclic) bond motifs is 1. The molecular formula is C14H22N2O3S. The van der Waals surface area contributed by atoms with Gasteiger partial charge in [0, 0.05) is 11.4 Å². The Morgan fingerprint density at radius 2 is 2.35 bits per heavy atom. The number of aromatic nitrogens is 1. The van der Waals surface area contributed by atoms with Gasteiger partial charge in [0.25, 0.3) is 0 Å². The SMILES string of the molecule is CCCCCCNc1nc2c(s1)CCCC2OC(=O)O. The van der Waals surface area contributed by atoms with Crippen LogP contribution in [0.25, 0.3) is 0 Å². The second-order valence-electron chi connectivity index (χ2n) is 5.08. The van der Waals surface area contributed by atoms with Gasteiger partial charge in [-0.25, -0.2) is 9.78 Å². The fraction of sp³-hybridized carbons (Fsp3) is 0.714. The number of ether oxygens (including phenoxy) is 1. The van der Waals surface area contributed by atoms with Crippen molar-refractivity contribution < 1.29 is 14.6 Å². The number of nitrogens with zero attached hydrogens (tertiary/aromatic N) is 1. The fourth-order valence-electron chi connectivity index (χ4n) is 2.44. The zero-order valence-electron chi connectivity index (χ0n) is 11.9. The molecule has 5 nitrogen and oxygen atoms in total. The van der Waals surface area contributed by atoms with Gasteiger partial charge in [-0.3, -0.25) is 0 Å². The topological polar surface area (TPSA) is 71.5 Å². The highest BCUT2D eigenvalue weighted by Gasteiger charge is 2.27. The molecule has 1 aromatic rings. The summed E-state index contributed by atoms with van der Waals surface area (Å²) in [5.41, 5.74) is 0.819. The summed E-state index contributed by atoms with van der Waals surface area (Å²) in [6.07, 6.45) is 5.95. The molecule has 0 spiro atoms. The Kier molecular flexibility index (Phi) is 5.64. The van der Waals surface area contributed by atoms with Crippen molar-refractivity contribution in [2.24, 2.45) is 0 Å². The molecule has 0 aromatic carbocycles. The highest BCUT2D eigenvalue weighted by atomic mass is 32.1. The van der Waals surface area contributed by atoms with E-state index in [-0.39, 0.29) is 6.10 Å². The predicted molar refractivity (Wildman–Crippen MR) is 79.5 cm³/mol. The zero-order valence-corrected chi connectivity index (χ0v) is 12.7. The van der Waals surface area contributed by atoms with E-state index >= 15 is 0 Å². The maximum Gasteiger partial charge on any atom is 0.506 e. The Bertz CT molecular complexity index is 448. The van der Waals surface area contributed by atoms with Crippen LogP contribution in [0.15, 0.2) is 0 Å². The maximum atomic E-state index is 10.7. The van der Waals surface area contributed by atoms with Crippen molar-refractivity contribution in [3.8, 4) is 0 Å². The Morgan fingerprint density at radius 3 is 3.10 bits per heavy atom. The molecule has 2 N–H and O–H groups in total. The third kappa shape index (κ3) is 4.10. The summed E-state index contributed by atoms with van der Waals surface area (Å²) < 4.78 is 4.92. The van der Waals surface area contributed by atoms with E-state index in [1.807, 2.05) is 0 Å². The molecule has 0 bridgehead atoms. The minimum atomic E-state index is -1.22. The van der Waals surface area contributed by atoms with E-state index in [4.69, 9.17) is 9.84 Å². The molecule has 0 saturated heterocycles. The van der Waals surface area contributed by atoms with Gasteiger partial charge in [-0.2, -0.15) is 0 Å². The molecule has 0 amide bonds. The molecule has 1 unspecified atom stereocenters. The molecule has 1 aliphatic carbocycles. The average Bonchev–Trinajstić information content (AvgIpc) is 2.82. The second kappa shape index (κ2) is 7.47. The van der Waals surface area contributed by atoms with Crippen molar-refractivity contribution in [3.05, 3.63) is 10.6 Å². The third-order valence-corrected chi connectivity index (χ3v) is 4.54. The van der Waals surface area contributed by atoms with E-state index in [0.29, 0.717) is 0 Å². The van der Waals surface area contributed by atoms with Crippen molar-refractivity contribution in [3.63, 3.8) is 0 Å². The van der Waals surface area contributed by atoms with E-state index < -0.39 is 6.16 Å². The number of nitrogens with one attached hydrogen (secondary N) is 1. The number of anilines is 1. The molecule has 6 heteroatoms. The van der Waals surface area contributed by atoms with Crippen LogP contribution in [0.2, 0.25) is 0 Å². The van der Waals surface area contributed by atoms with Crippen LogP contribution in [0.4, 0.5) is 9.93 Å². The lowest BCUT2D eigenvalue weighted by molar-refractivity contribution is 0.0425. The van der Waals surface area contributed by atoms with E-state index in [0.717, 1.165) is 43.1 Å². The van der Waals surface area contributed by atoms with Gasteiger partial charge in [0.15, 0.2) is 5.13 Å². The summed E-state index contributed by atoms with van der Waals surface area (Å²) in [4.78, 5) is 16.4. The van der Waals surface area contributed by atoms with Crippen LogP contribution in [-0.2, 0) is 11.2 Å². The standard InChI is InChI=1S/C14H22N2O3S/c1-2-3-4-5-9-15-13-16-12-10(19-14(17)18)7-6-8-11(12)20-13/h10H,2-9H2,1H3,(H,15,16)(H,17,18). The van der Waals surface area contributed by atoms with Crippen LogP contribution in [0.3, 0.4) is 0 Å². The lowest BCUT2D eigenvalue weighted by atomic mass is 10.0. The van der Waals surface area contributed by atoms with Crippen molar-refractivity contribution in [2.75, 3.05) is 11.9 Å². The van der Waals surface area contributed by atoms with Gasteiger partial charge >= 0.3 is 6.16 Å². The molecule has 20 heavy (non-hydrogen) atoms. The van der Waals surface area contributed by atoms with E-state index in [2.05, 4.69) is 17.2 Å². The van der Waals surface area contributed by atoms with Crippen molar-refractivity contribution >= 4 is 22.6 Å². The molecule has 1 aliphatic rings. The van der Waals surface area contributed by atoms with Crippen LogP contribution >= 0.6 is 11.3 Å². The summed E-state index contributed by atoms with van der Waals surface area (Å²) >= 11 is 1.63. The van der Waals surface area contributed by atoms with E-state index in [1.54, 1.807) is 11.3 Å². The number of aryl methyl sites for hydroxylation is 1. The van der Waals surface area contributed by atoms with E-state index in [1.165, 1.54) is 24.1 Å². The monoisotopic (exact) mass is 298 g/mol. The van der Waals surface area contributed by atoms with Crippen molar-refractivity contribution in [2.45, 2.75) is 58.0 Å². The predicted octanol–water partition coefficient (Wildman–Crippen LogP) is 4.21. The fourth-order valence-corrected chi connectivity index (χ4v) is 3.52. The number of unbranched alkanes of at least 4 members (excludes halogenated alkanes) is 3. The molecule has 2 rings (SSSR count). The quantitative estimate of drug-likeness (QED) is 0.583. The van der Waals surface area contributed by atoms with Gasteiger partial charge < -0.3 is 15.2 Å². The zero-order chi connectivity index (χ0) is 14.4. The van der Waals surface area contributed by atoms with Gasteiger partial charge in [-0.05, 0) is 25.7 Å². The minimum Gasteiger partial charge on any atom is -0.450 e. The molecule has 1 atom stereocenters.